The van der Waals surface area contributed by atoms with Gasteiger partial charge in [0.25, 0.3) is 0 Å². The zero-order valence-corrected chi connectivity index (χ0v) is 8.42. The minimum atomic E-state index is 0.458. The van der Waals surface area contributed by atoms with E-state index in [0.29, 0.717) is 11.8 Å². The van der Waals surface area contributed by atoms with Gasteiger partial charge in [0.15, 0.2) is 5.58 Å². The number of para-hydroxylation sites is 2. The number of hydrogen-bond donors (Lipinski definition) is 1. The predicted octanol–water partition coefficient (Wildman–Crippen LogP) is 2.97. The summed E-state index contributed by atoms with van der Waals surface area (Å²) in [5.41, 5.74) is 1.60. The maximum Gasteiger partial charge on any atom is 0.301 e. The Bertz CT molecular complexity index is 571. The normalized spacial score (nSPS) is 10.5. The first-order valence-corrected chi connectivity index (χ1v) is 4.95. The lowest BCUT2D eigenvalue weighted by molar-refractivity contribution is 0.622. The first-order valence-electron chi connectivity index (χ1n) is 4.95. The second kappa shape index (κ2) is 3.66. The average Bonchev–Trinajstić information content (AvgIpc) is 2.72. The Labute approximate surface area is 92.0 Å². The van der Waals surface area contributed by atoms with Gasteiger partial charge in [-0.05, 0) is 24.3 Å². The van der Waals surface area contributed by atoms with Crippen LogP contribution in [0.15, 0.2) is 53.1 Å². The van der Waals surface area contributed by atoms with Crippen molar-refractivity contribution in [3.63, 3.8) is 0 Å². The maximum atomic E-state index is 5.51. The predicted molar refractivity (Wildman–Crippen MR) is 61.5 cm³/mol. The molecular formula is C12H9N3O. The lowest BCUT2D eigenvalue weighted by Gasteiger charge is -1.97. The van der Waals surface area contributed by atoms with E-state index in [-0.39, 0.29) is 0 Å². The van der Waals surface area contributed by atoms with Crippen molar-refractivity contribution in [2.75, 3.05) is 5.32 Å². The molecule has 3 rings (SSSR count). The van der Waals surface area contributed by atoms with E-state index in [2.05, 4.69) is 15.3 Å². The molecule has 0 radical (unpaired) electrons. The van der Waals surface area contributed by atoms with Gasteiger partial charge in [-0.15, -0.1) is 0 Å². The van der Waals surface area contributed by atoms with Gasteiger partial charge in [0.1, 0.15) is 11.3 Å². The average molecular weight is 211 g/mol. The van der Waals surface area contributed by atoms with Crippen LogP contribution in [0.4, 0.5) is 11.8 Å². The molecule has 0 spiro atoms. The third-order valence-electron chi connectivity index (χ3n) is 2.19. The molecule has 2 aromatic heterocycles. The first kappa shape index (κ1) is 8.91. The number of nitrogens with one attached hydrogen (secondary N) is 1. The van der Waals surface area contributed by atoms with Crippen LogP contribution in [-0.4, -0.2) is 9.97 Å². The monoisotopic (exact) mass is 211 g/mol. The topological polar surface area (TPSA) is 51.0 Å². The number of nitrogens with zero attached hydrogens (tertiary/aromatic N) is 2. The van der Waals surface area contributed by atoms with Gasteiger partial charge < -0.3 is 4.42 Å². The maximum absolute atomic E-state index is 5.51. The second-order valence-corrected chi connectivity index (χ2v) is 3.33. The number of rotatable bonds is 2. The van der Waals surface area contributed by atoms with Crippen LogP contribution < -0.4 is 5.32 Å². The van der Waals surface area contributed by atoms with E-state index in [0.717, 1.165) is 11.1 Å². The van der Waals surface area contributed by atoms with Gasteiger partial charge in [-0.1, -0.05) is 18.2 Å². The number of anilines is 2. The number of hydrogen-bond acceptors (Lipinski definition) is 4. The molecule has 0 aliphatic carbocycles. The zero-order chi connectivity index (χ0) is 10.8. The molecule has 78 valence electrons. The fraction of sp³-hybridized carbons (Fsp3) is 0. The van der Waals surface area contributed by atoms with Crippen LogP contribution >= 0.6 is 0 Å². The lowest BCUT2D eigenvalue weighted by atomic mass is 10.3. The smallest absolute Gasteiger partial charge is 0.301 e. The largest absolute Gasteiger partial charge is 0.423 e. The molecule has 4 heteroatoms. The number of pyridine rings is 1. The Morgan fingerprint density at radius 3 is 2.69 bits per heavy atom. The van der Waals surface area contributed by atoms with E-state index in [9.17, 15) is 0 Å². The van der Waals surface area contributed by atoms with Crippen LogP contribution in [0.5, 0.6) is 0 Å². The van der Waals surface area contributed by atoms with Crippen LogP contribution in [0.2, 0.25) is 0 Å². The highest BCUT2D eigenvalue weighted by atomic mass is 16.4. The quantitative estimate of drug-likeness (QED) is 0.708. The molecule has 0 unspecified atom stereocenters. The Kier molecular flexibility index (Phi) is 2.04. The van der Waals surface area contributed by atoms with Gasteiger partial charge in [-0.2, -0.15) is 4.98 Å². The molecule has 16 heavy (non-hydrogen) atoms. The summed E-state index contributed by atoms with van der Waals surface area (Å²) in [6, 6.07) is 13.7. The molecule has 0 aliphatic rings. The molecular weight excluding hydrogens is 202 g/mol. The summed E-state index contributed by atoms with van der Waals surface area (Å²) < 4.78 is 5.51. The van der Waals surface area contributed by atoms with E-state index in [1.54, 1.807) is 6.20 Å². The Hall–Kier alpha value is -2.36. The number of aromatic nitrogens is 2. The Morgan fingerprint density at radius 2 is 1.88 bits per heavy atom. The van der Waals surface area contributed by atoms with Gasteiger partial charge in [0, 0.05) is 6.20 Å². The molecule has 2 heterocycles. The van der Waals surface area contributed by atoms with Crippen molar-refractivity contribution in [2.24, 2.45) is 0 Å². The molecule has 0 saturated carbocycles. The Balaban J connectivity index is 1.95. The summed E-state index contributed by atoms with van der Waals surface area (Å²) >= 11 is 0. The van der Waals surface area contributed by atoms with Gasteiger partial charge in [-0.25, -0.2) is 4.98 Å². The zero-order valence-electron chi connectivity index (χ0n) is 8.42. The van der Waals surface area contributed by atoms with Crippen LogP contribution in [0.3, 0.4) is 0 Å². The van der Waals surface area contributed by atoms with E-state index in [1.165, 1.54) is 0 Å². The van der Waals surface area contributed by atoms with Crippen LogP contribution in [-0.2, 0) is 0 Å². The highest BCUT2D eigenvalue weighted by Crippen LogP contribution is 2.20. The van der Waals surface area contributed by atoms with Crippen molar-refractivity contribution in [3.05, 3.63) is 48.7 Å². The summed E-state index contributed by atoms with van der Waals surface area (Å²) in [7, 11) is 0. The molecule has 0 saturated heterocycles. The molecule has 1 aromatic carbocycles. The molecule has 0 fully saturated rings. The molecule has 0 aliphatic heterocycles. The summed E-state index contributed by atoms with van der Waals surface area (Å²) in [6.45, 7) is 0. The summed E-state index contributed by atoms with van der Waals surface area (Å²) in [4.78, 5) is 8.42. The molecule has 0 atom stereocenters. The van der Waals surface area contributed by atoms with Gasteiger partial charge in [-0.3, -0.25) is 5.32 Å². The molecule has 1 N–H and O–H groups in total. The van der Waals surface area contributed by atoms with Crippen LogP contribution in [0.25, 0.3) is 11.1 Å². The van der Waals surface area contributed by atoms with Gasteiger partial charge >= 0.3 is 6.01 Å². The van der Waals surface area contributed by atoms with Gasteiger partial charge in [0.2, 0.25) is 0 Å². The molecule has 0 amide bonds. The summed E-state index contributed by atoms with van der Waals surface area (Å²) in [5.74, 6) is 0.717. The molecule has 4 nitrogen and oxygen atoms in total. The Morgan fingerprint density at radius 1 is 1.00 bits per heavy atom. The third-order valence-corrected chi connectivity index (χ3v) is 2.19. The van der Waals surface area contributed by atoms with Crippen molar-refractivity contribution in [2.45, 2.75) is 0 Å². The fourth-order valence-corrected chi connectivity index (χ4v) is 1.47. The van der Waals surface area contributed by atoms with E-state index in [4.69, 9.17) is 4.42 Å². The SMILES string of the molecule is c1ccc(Nc2nc3ccccc3o2)nc1. The molecule has 0 bridgehead atoms. The number of benzene rings is 1. The van der Waals surface area contributed by atoms with E-state index in [1.807, 2.05) is 42.5 Å². The van der Waals surface area contributed by atoms with Crippen LogP contribution in [0, 0.1) is 0 Å². The highest BCUT2D eigenvalue weighted by molar-refractivity contribution is 5.74. The van der Waals surface area contributed by atoms with Gasteiger partial charge in [0.05, 0.1) is 0 Å². The summed E-state index contributed by atoms with van der Waals surface area (Å²) in [5, 5.41) is 3.00. The highest BCUT2D eigenvalue weighted by Gasteiger charge is 2.04. The molecule has 3 aromatic rings. The lowest BCUT2D eigenvalue weighted by Crippen LogP contribution is -1.91. The van der Waals surface area contributed by atoms with Crippen molar-refractivity contribution in [1.82, 2.24) is 9.97 Å². The van der Waals surface area contributed by atoms with E-state index >= 15 is 0 Å². The number of fused-ring (bicyclic) bond motifs is 1. The number of oxazole rings is 1. The standard InChI is InChI=1S/C12H9N3O/c1-2-6-10-9(5-1)14-12(16-10)15-11-7-3-4-8-13-11/h1-8H,(H,13,14,15). The fourth-order valence-electron chi connectivity index (χ4n) is 1.47. The van der Waals surface area contributed by atoms with Crippen molar-refractivity contribution >= 4 is 22.9 Å². The van der Waals surface area contributed by atoms with Crippen LogP contribution in [0.1, 0.15) is 0 Å². The minimum absolute atomic E-state index is 0.458. The van der Waals surface area contributed by atoms with E-state index < -0.39 is 0 Å². The first-order chi connectivity index (χ1) is 7.92. The second-order valence-electron chi connectivity index (χ2n) is 3.33. The van der Waals surface area contributed by atoms with Crippen molar-refractivity contribution in [1.29, 1.82) is 0 Å². The van der Waals surface area contributed by atoms with Crippen molar-refractivity contribution < 1.29 is 4.42 Å². The third kappa shape index (κ3) is 1.61. The van der Waals surface area contributed by atoms with Crippen molar-refractivity contribution in [3.8, 4) is 0 Å². The summed E-state index contributed by atoms with van der Waals surface area (Å²) in [6.07, 6.45) is 1.71. The minimum Gasteiger partial charge on any atom is -0.423 e.